The molecule has 1 aliphatic heterocycles. The van der Waals surface area contributed by atoms with Crippen LogP contribution in [0.2, 0.25) is 0 Å². The molecule has 0 spiro atoms. The van der Waals surface area contributed by atoms with Crippen LogP contribution in [0, 0.1) is 5.92 Å². The summed E-state index contributed by atoms with van der Waals surface area (Å²) < 4.78 is 16.4. The maximum absolute atomic E-state index is 12.9. The maximum Gasteiger partial charge on any atom is 0.337 e. The van der Waals surface area contributed by atoms with Gasteiger partial charge in [0.05, 0.1) is 0 Å². The lowest BCUT2D eigenvalue weighted by molar-refractivity contribution is -0.172. The van der Waals surface area contributed by atoms with E-state index in [2.05, 4.69) is 0 Å². The van der Waals surface area contributed by atoms with Gasteiger partial charge in [0.15, 0.2) is 23.9 Å². The van der Waals surface area contributed by atoms with E-state index >= 15 is 0 Å². The van der Waals surface area contributed by atoms with Crippen molar-refractivity contribution in [1.82, 2.24) is 0 Å². The largest absolute Gasteiger partial charge is 0.459 e. The van der Waals surface area contributed by atoms with Gasteiger partial charge in [0.2, 0.25) is 0 Å². The lowest BCUT2D eigenvalue weighted by Gasteiger charge is -2.24. The molecule has 152 valence electrons. The summed E-state index contributed by atoms with van der Waals surface area (Å²) in [4.78, 5) is 37.6. The Hall–Kier alpha value is -2.99. The van der Waals surface area contributed by atoms with Crippen LogP contribution in [0.1, 0.15) is 38.0 Å². The van der Waals surface area contributed by atoms with Crippen LogP contribution in [0.3, 0.4) is 0 Å². The van der Waals surface area contributed by atoms with Crippen molar-refractivity contribution in [3.63, 3.8) is 0 Å². The van der Waals surface area contributed by atoms with E-state index in [1.807, 2.05) is 60.7 Å². The molecule has 1 aliphatic rings. The molecule has 6 heteroatoms. The van der Waals surface area contributed by atoms with Crippen molar-refractivity contribution in [2.75, 3.05) is 6.61 Å². The topological polar surface area (TPSA) is 78.9 Å². The van der Waals surface area contributed by atoms with Crippen LogP contribution in [-0.2, 0) is 28.6 Å². The lowest BCUT2D eigenvalue weighted by Crippen LogP contribution is -2.40. The summed E-state index contributed by atoms with van der Waals surface area (Å²) in [6.45, 7) is 4.75. The highest BCUT2D eigenvalue weighted by molar-refractivity contribution is 6.05. The Bertz CT molecular complexity index is 830. The van der Waals surface area contributed by atoms with E-state index in [0.717, 1.165) is 11.1 Å². The molecule has 0 aliphatic carbocycles. The van der Waals surface area contributed by atoms with Crippen LogP contribution < -0.4 is 0 Å². The van der Waals surface area contributed by atoms with Crippen LogP contribution in [0.25, 0.3) is 0 Å². The number of carbonyl (C=O) groups excluding carboxylic acids is 3. The third-order valence-electron chi connectivity index (χ3n) is 4.39. The molecule has 2 unspecified atom stereocenters. The van der Waals surface area contributed by atoms with E-state index < -0.39 is 41.4 Å². The van der Waals surface area contributed by atoms with Crippen molar-refractivity contribution in [3.8, 4) is 0 Å². The normalized spacial score (nSPS) is 19.2. The first-order chi connectivity index (χ1) is 13.8. The molecular formula is C23H24O6. The van der Waals surface area contributed by atoms with Gasteiger partial charge in [-0.1, -0.05) is 60.7 Å². The van der Waals surface area contributed by atoms with E-state index in [4.69, 9.17) is 14.2 Å². The van der Waals surface area contributed by atoms with E-state index in [0.29, 0.717) is 0 Å². The van der Waals surface area contributed by atoms with Crippen LogP contribution in [-0.4, -0.2) is 36.0 Å². The molecule has 29 heavy (non-hydrogen) atoms. The van der Waals surface area contributed by atoms with E-state index in [-0.39, 0.29) is 6.61 Å². The number of ketones is 1. The summed E-state index contributed by atoms with van der Waals surface area (Å²) in [6.07, 6.45) is -2.02. The molecule has 0 aromatic heterocycles. The summed E-state index contributed by atoms with van der Waals surface area (Å²) in [6, 6.07) is 18.5. The molecule has 2 atom stereocenters. The Kier molecular flexibility index (Phi) is 6.13. The van der Waals surface area contributed by atoms with Gasteiger partial charge in [0, 0.05) is 0 Å². The Morgan fingerprint density at radius 3 is 1.93 bits per heavy atom. The third kappa shape index (κ3) is 5.09. The number of benzene rings is 2. The van der Waals surface area contributed by atoms with Crippen molar-refractivity contribution in [2.24, 2.45) is 5.92 Å². The number of esters is 2. The molecule has 3 rings (SSSR count). The second-order valence-corrected chi connectivity index (χ2v) is 7.85. The lowest BCUT2D eigenvalue weighted by atomic mass is 9.99. The second kappa shape index (κ2) is 8.57. The van der Waals surface area contributed by atoms with Crippen LogP contribution >= 0.6 is 0 Å². The minimum Gasteiger partial charge on any atom is -0.459 e. The number of ether oxygens (including phenoxy) is 3. The molecule has 1 saturated heterocycles. The summed E-state index contributed by atoms with van der Waals surface area (Å²) in [5.74, 6) is -3.37. The molecule has 0 amide bonds. The van der Waals surface area contributed by atoms with Crippen molar-refractivity contribution >= 4 is 17.7 Å². The zero-order valence-corrected chi connectivity index (χ0v) is 16.7. The van der Waals surface area contributed by atoms with Gasteiger partial charge in [0.25, 0.3) is 0 Å². The van der Waals surface area contributed by atoms with Gasteiger partial charge in [-0.15, -0.1) is 0 Å². The van der Waals surface area contributed by atoms with Gasteiger partial charge < -0.3 is 14.2 Å². The fraction of sp³-hybridized carbons (Fsp3) is 0.348. The number of hydrogen-bond donors (Lipinski definition) is 0. The van der Waals surface area contributed by atoms with Gasteiger partial charge in [-0.2, -0.15) is 0 Å². The molecule has 1 fully saturated rings. The standard InChI is InChI=1S/C23H24O6/c1-23(2,3)29-21(25)18-17(24)14-27-20(18)22(26)28-19(15-10-6-4-7-11-15)16-12-8-5-9-13-16/h4-13,18-20H,14H2,1-3H3. The van der Waals surface area contributed by atoms with Crippen LogP contribution in [0.15, 0.2) is 60.7 Å². The zero-order valence-electron chi connectivity index (χ0n) is 16.7. The van der Waals surface area contributed by atoms with E-state index in [1.54, 1.807) is 20.8 Å². The van der Waals surface area contributed by atoms with Crippen LogP contribution in [0.5, 0.6) is 0 Å². The maximum atomic E-state index is 12.9. The number of rotatable bonds is 5. The molecule has 1 heterocycles. The Balaban J connectivity index is 1.83. The Morgan fingerprint density at radius 1 is 0.931 bits per heavy atom. The summed E-state index contributed by atoms with van der Waals surface area (Å²) in [5.41, 5.74) is 0.751. The summed E-state index contributed by atoms with van der Waals surface area (Å²) in [7, 11) is 0. The van der Waals surface area contributed by atoms with Gasteiger partial charge in [0.1, 0.15) is 12.2 Å². The molecule has 0 saturated carbocycles. The molecule has 0 radical (unpaired) electrons. The molecule has 0 bridgehead atoms. The van der Waals surface area contributed by atoms with Crippen LogP contribution in [0.4, 0.5) is 0 Å². The van der Waals surface area contributed by atoms with Gasteiger partial charge >= 0.3 is 11.9 Å². The van der Waals surface area contributed by atoms with Crippen molar-refractivity contribution in [3.05, 3.63) is 71.8 Å². The minimum atomic E-state index is -1.33. The van der Waals surface area contributed by atoms with Gasteiger partial charge in [-0.05, 0) is 31.9 Å². The third-order valence-corrected chi connectivity index (χ3v) is 4.39. The highest BCUT2D eigenvalue weighted by Gasteiger charge is 2.48. The quantitative estimate of drug-likeness (QED) is 0.570. The molecule has 6 nitrogen and oxygen atoms in total. The first-order valence-electron chi connectivity index (χ1n) is 9.44. The van der Waals surface area contributed by atoms with E-state index in [9.17, 15) is 14.4 Å². The predicted octanol–water partition coefficient (Wildman–Crippen LogP) is 3.25. The summed E-state index contributed by atoms with van der Waals surface area (Å²) in [5, 5.41) is 0. The number of Topliss-reactive ketones (excluding diaryl/α,β-unsaturated/α-hetero) is 1. The highest BCUT2D eigenvalue weighted by Crippen LogP contribution is 2.29. The Labute approximate surface area is 169 Å². The molecular weight excluding hydrogens is 372 g/mol. The molecule has 2 aromatic carbocycles. The molecule has 0 N–H and O–H groups in total. The van der Waals surface area contributed by atoms with Crippen molar-refractivity contribution < 1.29 is 28.6 Å². The monoisotopic (exact) mass is 396 g/mol. The first kappa shape index (κ1) is 20.7. The second-order valence-electron chi connectivity index (χ2n) is 7.85. The van der Waals surface area contributed by atoms with Gasteiger partial charge in [-0.3, -0.25) is 9.59 Å². The summed E-state index contributed by atoms with van der Waals surface area (Å²) >= 11 is 0. The fourth-order valence-corrected chi connectivity index (χ4v) is 3.12. The minimum absolute atomic E-state index is 0.328. The van der Waals surface area contributed by atoms with Gasteiger partial charge in [-0.25, -0.2) is 4.79 Å². The smallest absolute Gasteiger partial charge is 0.337 e. The average molecular weight is 396 g/mol. The number of carbonyl (C=O) groups is 3. The zero-order chi connectivity index (χ0) is 21.0. The number of hydrogen-bond acceptors (Lipinski definition) is 6. The first-order valence-corrected chi connectivity index (χ1v) is 9.44. The molecule has 2 aromatic rings. The average Bonchev–Trinajstić information content (AvgIpc) is 3.08. The predicted molar refractivity (Wildman–Crippen MR) is 105 cm³/mol. The van der Waals surface area contributed by atoms with E-state index in [1.165, 1.54) is 0 Å². The van der Waals surface area contributed by atoms with Crippen molar-refractivity contribution in [2.45, 2.75) is 38.6 Å². The highest BCUT2D eigenvalue weighted by atomic mass is 16.6. The van der Waals surface area contributed by atoms with Crippen molar-refractivity contribution in [1.29, 1.82) is 0 Å². The fourth-order valence-electron chi connectivity index (χ4n) is 3.12. The SMILES string of the molecule is CC(C)(C)OC(=O)C1C(=O)COC1C(=O)OC(c1ccccc1)c1ccccc1. The Morgan fingerprint density at radius 2 is 1.45 bits per heavy atom.